The highest BCUT2D eigenvalue weighted by Gasteiger charge is 2.84. The van der Waals surface area contributed by atoms with Crippen molar-refractivity contribution >= 4 is 41.6 Å². The third-order valence-electron chi connectivity index (χ3n) is 10.7. The van der Waals surface area contributed by atoms with E-state index in [-0.39, 0.29) is 12.2 Å². The Labute approximate surface area is 295 Å². The third-order valence-corrected chi connectivity index (χ3v) is 10.7. The average molecular weight is 713 g/mol. The number of Topliss-reactive ketones (excluding diaryl/α,β-unsaturated/α-hetero) is 1. The van der Waals surface area contributed by atoms with Crippen molar-refractivity contribution in [2.24, 2.45) is 23.2 Å². The summed E-state index contributed by atoms with van der Waals surface area (Å²) in [6.45, 7) is 11.6. The van der Waals surface area contributed by atoms with Crippen LogP contribution in [0.5, 0.6) is 0 Å². The van der Waals surface area contributed by atoms with E-state index < -0.39 is 112 Å². The Bertz CT molecular complexity index is 1680. The second-order valence-corrected chi connectivity index (χ2v) is 14.8. The van der Waals surface area contributed by atoms with Crippen LogP contribution < -0.4 is 0 Å². The van der Waals surface area contributed by atoms with Crippen LogP contribution in [0.2, 0.25) is 0 Å². The van der Waals surface area contributed by atoms with Crippen molar-refractivity contribution in [2.75, 3.05) is 6.61 Å². The van der Waals surface area contributed by atoms with Gasteiger partial charge < -0.3 is 33.2 Å². The van der Waals surface area contributed by atoms with Crippen molar-refractivity contribution in [2.45, 2.75) is 109 Å². The molecule has 2 bridgehead atoms. The second-order valence-electron chi connectivity index (χ2n) is 14.8. The van der Waals surface area contributed by atoms with Crippen LogP contribution in [0.3, 0.4) is 0 Å². The molecule has 0 spiro atoms. The van der Waals surface area contributed by atoms with E-state index >= 15 is 4.79 Å². The van der Waals surface area contributed by atoms with Crippen LogP contribution in [-0.2, 0) is 61.9 Å². The van der Waals surface area contributed by atoms with E-state index in [1.165, 1.54) is 39.8 Å². The number of hydrogen-bond donors (Lipinski definition) is 0. The zero-order chi connectivity index (χ0) is 37.9. The second kappa shape index (κ2) is 12.9. The van der Waals surface area contributed by atoms with Crippen molar-refractivity contribution in [1.29, 1.82) is 0 Å². The lowest BCUT2D eigenvalue weighted by molar-refractivity contribution is -0.215. The summed E-state index contributed by atoms with van der Waals surface area (Å²) in [5.41, 5.74) is -8.92. The zero-order valence-corrected chi connectivity index (χ0v) is 30.1. The summed E-state index contributed by atoms with van der Waals surface area (Å²) in [5, 5.41) is 0. The maximum absolute atomic E-state index is 15.6. The SMILES string of the molecule is CC(=O)OC1C2C(OC(C)=O)C34COC(C)(C(=O)C2(OC(C)=O)CC1(C)OC(=O)c1ccccc1)C3C(C(C)(C)OC(C)=O)C=CC4OC(C)=O. The van der Waals surface area contributed by atoms with Gasteiger partial charge in [0.2, 0.25) is 5.78 Å². The quantitative estimate of drug-likeness (QED) is 0.217. The van der Waals surface area contributed by atoms with E-state index in [0.29, 0.717) is 0 Å². The lowest BCUT2D eigenvalue weighted by Crippen LogP contribution is -2.64. The van der Waals surface area contributed by atoms with Gasteiger partial charge in [0.25, 0.3) is 0 Å². The Balaban J connectivity index is 1.85. The van der Waals surface area contributed by atoms with E-state index in [4.69, 9.17) is 33.2 Å². The Morgan fingerprint density at radius 3 is 1.90 bits per heavy atom. The van der Waals surface area contributed by atoms with E-state index in [1.54, 1.807) is 44.2 Å². The third kappa shape index (κ3) is 6.10. The molecule has 0 aromatic heterocycles. The van der Waals surface area contributed by atoms with Crippen molar-refractivity contribution in [1.82, 2.24) is 0 Å². The summed E-state index contributed by atoms with van der Waals surface area (Å²) in [4.78, 5) is 93.6. The summed E-state index contributed by atoms with van der Waals surface area (Å²) in [6, 6.07) is 7.96. The van der Waals surface area contributed by atoms with Gasteiger partial charge in [0.15, 0.2) is 17.3 Å². The van der Waals surface area contributed by atoms with Gasteiger partial charge in [0.1, 0.15) is 23.4 Å². The van der Waals surface area contributed by atoms with Crippen LogP contribution >= 0.6 is 0 Å². The lowest BCUT2D eigenvalue weighted by Gasteiger charge is -2.53. The van der Waals surface area contributed by atoms with Gasteiger partial charge in [-0.2, -0.15) is 0 Å². The Morgan fingerprint density at radius 1 is 0.765 bits per heavy atom. The van der Waals surface area contributed by atoms with Gasteiger partial charge >= 0.3 is 35.8 Å². The van der Waals surface area contributed by atoms with Crippen LogP contribution in [0.15, 0.2) is 42.5 Å². The van der Waals surface area contributed by atoms with E-state index in [9.17, 15) is 28.8 Å². The molecule has 51 heavy (non-hydrogen) atoms. The molecule has 5 rings (SSSR count). The fraction of sp³-hybridized carbons (Fsp3) is 0.595. The van der Waals surface area contributed by atoms with Crippen molar-refractivity contribution in [3.8, 4) is 0 Å². The number of esters is 6. The number of carbonyl (C=O) groups excluding carboxylic acids is 7. The number of ether oxygens (including phenoxy) is 7. The molecule has 3 aliphatic carbocycles. The summed E-state index contributed by atoms with van der Waals surface area (Å²) < 4.78 is 42.5. The molecule has 14 nitrogen and oxygen atoms in total. The monoisotopic (exact) mass is 712 g/mol. The smallest absolute Gasteiger partial charge is 0.338 e. The van der Waals surface area contributed by atoms with Gasteiger partial charge in [-0.15, -0.1) is 0 Å². The van der Waals surface area contributed by atoms with Crippen LogP contribution in [0.1, 0.15) is 79.1 Å². The van der Waals surface area contributed by atoms with Crippen LogP contribution in [-0.4, -0.2) is 88.9 Å². The molecule has 0 N–H and O–H groups in total. The average Bonchev–Trinajstić information content (AvgIpc) is 3.43. The Morgan fingerprint density at radius 2 is 1.35 bits per heavy atom. The number of rotatable bonds is 8. The first kappa shape index (κ1) is 37.7. The predicted octanol–water partition coefficient (Wildman–Crippen LogP) is 3.22. The largest absolute Gasteiger partial charge is 0.461 e. The maximum atomic E-state index is 15.6. The van der Waals surface area contributed by atoms with Gasteiger partial charge in [0.05, 0.1) is 23.5 Å². The number of fused-ring (bicyclic) bond motifs is 1. The highest BCUT2D eigenvalue weighted by atomic mass is 16.6. The summed E-state index contributed by atoms with van der Waals surface area (Å²) in [7, 11) is 0. The fourth-order valence-corrected chi connectivity index (χ4v) is 9.28. The summed E-state index contributed by atoms with van der Waals surface area (Å²) in [5.74, 6) is -8.99. The number of hydrogen-bond acceptors (Lipinski definition) is 14. The molecule has 0 radical (unpaired) electrons. The van der Waals surface area contributed by atoms with Crippen LogP contribution in [0.25, 0.3) is 0 Å². The molecule has 14 heteroatoms. The molecule has 1 aromatic carbocycles. The molecule has 276 valence electrons. The maximum Gasteiger partial charge on any atom is 0.338 e. The Kier molecular flexibility index (Phi) is 9.51. The highest BCUT2D eigenvalue weighted by Crippen LogP contribution is 2.68. The minimum absolute atomic E-state index is 0.147. The molecule has 2 saturated carbocycles. The fourth-order valence-electron chi connectivity index (χ4n) is 9.28. The number of ketones is 1. The van der Waals surface area contributed by atoms with Crippen molar-refractivity contribution in [3.05, 3.63) is 48.0 Å². The molecule has 1 heterocycles. The molecular formula is C37H44O14. The first-order chi connectivity index (χ1) is 23.6. The minimum Gasteiger partial charge on any atom is -0.461 e. The Hall–Kier alpha value is -4.59. The van der Waals surface area contributed by atoms with Crippen LogP contribution in [0, 0.1) is 23.2 Å². The summed E-state index contributed by atoms with van der Waals surface area (Å²) in [6.07, 6.45) is -1.68. The minimum atomic E-state index is -2.31. The first-order valence-corrected chi connectivity index (χ1v) is 16.7. The van der Waals surface area contributed by atoms with Gasteiger partial charge in [0, 0.05) is 52.9 Å². The topological polar surface area (TPSA) is 184 Å². The van der Waals surface area contributed by atoms with Gasteiger partial charge in [-0.05, 0) is 45.9 Å². The molecule has 1 aromatic rings. The van der Waals surface area contributed by atoms with Crippen LogP contribution in [0.4, 0.5) is 0 Å². The molecule has 1 aliphatic heterocycles. The van der Waals surface area contributed by atoms with Gasteiger partial charge in [-0.3, -0.25) is 28.8 Å². The lowest BCUT2D eigenvalue weighted by atomic mass is 9.54. The molecule has 0 amide bonds. The van der Waals surface area contributed by atoms with Gasteiger partial charge in [-0.1, -0.05) is 24.3 Å². The first-order valence-electron chi connectivity index (χ1n) is 16.7. The standard InChI is InChI=1S/C37H44O14/c1-19(38)46-26-16-15-25(33(6,7)49-22(4)41)28-35(9)32(44)37(50-23(5)42)17-34(8,51-31(43)24-13-11-10-12-14-24)29(47-20(2)39)27(37)30(48-21(3)40)36(26,28)18-45-35/h10-16,25-30H,17-18H2,1-9H3. The molecule has 10 unspecified atom stereocenters. The number of carbonyl (C=O) groups is 7. The highest BCUT2D eigenvalue weighted by molar-refractivity contribution is 5.99. The molecule has 1 saturated heterocycles. The number of benzene rings is 1. The molecule has 3 fully saturated rings. The zero-order valence-electron chi connectivity index (χ0n) is 30.1. The molecule has 10 atom stereocenters. The van der Waals surface area contributed by atoms with E-state index in [2.05, 4.69) is 0 Å². The van der Waals surface area contributed by atoms with E-state index in [0.717, 1.165) is 20.8 Å². The molecular weight excluding hydrogens is 668 g/mol. The summed E-state index contributed by atoms with van der Waals surface area (Å²) >= 11 is 0. The van der Waals surface area contributed by atoms with Gasteiger partial charge in [-0.25, -0.2) is 4.79 Å². The van der Waals surface area contributed by atoms with Crippen molar-refractivity contribution < 1.29 is 66.7 Å². The van der Waals surface area contributed by atoms with Crippen molar-refractivity contribution in [3.63, 3.8) is 0 Å². The normalized spacial score (nSPS) is 36.5. The van der Waals surface area contributed by atoms with E-state index in [1.807, 2.05) is 0 Å². The predicted molar refractivity (Wildman–Crippen MR) is 173 cm³/mol. The molecule has 4 aliphatic rings.